The lowest BCUT2D eigenvalue weighted by Gasteiger charge is -2.40. The Hall–Kier alpha value is -2.09. The van der Waals surface area contributed by atoms with Crippen molar-refractivity contribution in [1.82, 2.24) is 4.90 Å². The molecule has 0 bridgehead atoms. The van der Waals surface area contributed by atoms with Crippen molar-refractivity contribution in [2.24, 2.45) is 0 Å². The Bertz CT molecular complexity index is 1010. The molecule has 0 aromatic heterocycles. The molecule has 7 heteroatoms. The van der Waals surface area contributed by atoms with E-state index in [0.29, 0.717) is 12.8 Å². The van der Waals surface area contributed by atoms with Crippen LogP contribution >= 0.6 is 0 Å². The quantitative estimate of drug-likeness (QED) is 0.485. The molecule has 3 heterocycles. The Morgan fingerprint density at radius 2 is 1.91 bits per heavy atom. The molecule has 34 heavy (non-hydrogen) atoms. The van der Waals surface area contributed by atoms with Crippen molar-refractivity contribution in [3.05, 3.63) is 34.9 Å². The van der Waals surface area contributed by atoms with Gasteiger partial charge < -0.3 is 24.4 Å². The number of nitrogens with zero attached hydrogens (tertiary/aromatic N) is 1. The van der Waals surface area contributed by atoms with Gasteiger partial charge in [0, 0.05) is 12.5 Å². The summed E-state index contributed by atoms with van der Waals surface area (Å²) in [5.74, 6) is 0.863. The van der Waals surface area contributed by atoms with E-state index in [1.165, 1.54) is 12.5 Å². The van der Waals surface area contributed by atoms with Crippen molar-refractivity contribution in [1.29, 1.82) is 0 Å². The smallest absolute Gasteiger partial charge is 0.338 e. The Kier molecular flexibility index (Phi) is 5.73. The molecule has 1 fully saturated rings. The van der Waals surface area contributed by atoms with Gasteiger partial charge in [-0.15, -0.1) is 0 Å². The first-order valence-electron chi connectivity index (χ1n) is 12.5. The van der Waals surface area contributed by atoms with Gasteiger partial charge in [-0.05, 0) is 102 Å². The summed E-state index contributed by atoms with van der Waals surface area (Å²) in [5, 5.41) is 21.0. The summed E-state index contributed by atoms with van der Waals surface area (Å²) in [7, 11) is 0. The van der Waals surface area contributed by atoms with Gasteiger partial charge in [0.1, 0.15) is 6.10 Å². The molecule has 5 rings (SSSR count). The minimum atomic E-state index is -1.61. The molecule has 7 nitrogen and oxygen atoms in total. The van der Waals surface area contributed by atoms with Crippen LogP contribution in [0.3, 0.4) is 0 Å². The molecule has 186 valence electrons. The third-order valence-electron chi connectivity index (χ3n) is 8.11. The van der Waals surface area contributed by atoms with Gasteiger partial charge in [-0.2, -0.15) is 0 Å². The molecule has 3 aliphatic heterocycles. The van der Waals surface area contributed by atoms with Gasteiger partial charge in [-0.3, -0.25) is 4.90 Å². The zero-order chi connectivity index (χ0) is 24.3. The molecule has 4 aliphatic rings. The zero-order valence-electron chi connectivity index (χ0n) is 20.7. The predicted molar refractivity (Wildman–Crippen MR) is 127 cm³/mol. The average molecular weight is 472 g/mol. The number of aliphatic hydroxyl groups is 2. The van der Waals surface area contributed by atoms with E-state index in [4.69, 9.17) is 14.2 Å². The molecule has 1 aliphatic carbocycles. The molecule has 1 spiro atoms. The highest BCUT2D eigenvalue weighted by atomic mass is 16.7. The second-order valence-electron chi connectivity index (χ2n) is 11.4. The van der Waals surface area contributed by atoms with E-state index in [1.807, 2.05) is 6.92 Å². The van der Waals surface area contributed by atoms with Gasteiger partial charge in [-0.25, -0.2) is 4.79 Å². The summed E-state index contributed by atoms with van der Waals surface area (Å²) >= 11 is 0. The molecule has 2 unspecified atom stereocenters. The van der Waals surface area contributed by atoms with Crippen LogP contribution in [0.15, 0.2) is 23.8 Å². The van der Waals surface area contributed by atoms with Crippen LogP contribution in [0.2, 0.25) is 0 Å². The summed E-state index contributed by atoms with van der Waals surface area (Å²) in [6, 6.07) is 4.17. The van der Waals surface area contributed by atoms with Crippen molar-refractivity contribution < 1.29 is 29.2 Å². The van der Waals surface area contributed by atoms with E-state index in [2.05, 4.69) is 23.1 Å². The van der Waals surface area contributed by atoms with Crippen molar-refractivity contribution in [2.45, 2.75) is 95.0 Å². The van der Waals surface area contributed by atoms with Gasteiger partial charge in [-0.1, -0.05) is 6.08 Å². The number of ether oxygens (including phenoxy) is 3. The van der Waals surface area contributed by atoms with Crippen LogP contribution in [0.4, 0.5) is 0 Å². The maximum atomic E-state index is 13.3. The van der Waals surface area contributed by atoms with E-state index in [1.54, 1.807) is 13.8 Å². The van der Waals surface area contributed by atoms with Crippen LogP contribution in [-0.2, 0) is 16.0 Å². The maximum absolute atomic E-state index is 13.3. The lowest BCUT2D eigenvalue weighted by atomic mass is 9.77. The number of benzene rings is 1. The summed E-state index contributed by atoms with van der Waals surface area (Å²) in [4.78, 5) is 15.8. The summed E-state index contributed by atoms with van der Waals surface area (Å²) in [5.41, 5.74) is 0.757. The fourth-order valence-electron chi connectivity index (χ4n) is 6.41. The number of carbonyl (C=O) groups is 1. The number of fused-ring (bicyclic) bond motifs is 3. The maximum Gasteiger partial charge on any atom is 0.338 e. The van der Waals surface area contributed by atoms with Crippen LogP contribution in [0.1, 0.15) is 76.8 Å². The number of rotatable bonds is 6. The molecular weight excluding hydrogens is 434 g/mol. The Labute approximate surface area is 201 Å². The fourth-order valence-corrected chi connectivity index (χ4v) is 6.41. The highest BCUT2D eigenvalue weighted by Crippen LogP contribution is 2.55. The first-order chi connectivity index (χ1) is 16.0. The second kappa shape index (κ2) is 8.25. The fraction of sp³-hybridized carbons (Fsp3) is 0.667. The van der Waals surface area contributed by atoms with E-state index in [9.17, 15) is 15.0 Å². The number of carbonyl (C=O) groups excluding carboxylic acids is 1. The Balaban J connectivity index is 1.45. The molecular formula is C27H37NO6. The van der Waals surface area contributed by atoms with Crippen LogP contribution in [0.25, 0.3) is 0 Å². The summed E-state index contributed by atoms with van der Waals surface area (Å²) in [6.07, 6.45) is 6.15. The van der Waals surface area contributed by atoms with E-state index >= 15 is 0 Å². The molecule has 0 saturated carbocycles. The molecule has 1 aromatic carbocycles. The van der Waals surface area contributed by atoms with Gasteiger partial charge in [0.2, 0.25) is 6.79 Å². The number of esters is 1. The molecule has 0 radical (unpaired) electrons. The van der Waals surface area contributed by atoms with Gasteiger partial charge in [0.05, 0.1) is 11.1 Å². The summed E-state index contributed by atoms with van der Waals surface area (Å²) in [6.45, 7) is 9.21. The number of hydrogen-bond donors (Lipinski definition) is 2. The van der Waals surface area contributed by atoms with Gasteiger partial charge in [0.25, 0.3) is 0 Å². The van der Waals surface area contributed by atoms with E-state index in [-0.39, 0.29) is 24.7 Å². The molecule has 4 atom stereocenters. The van der Waals surface area contributed by atoms with Gasteiger partial charge in [0.15, 0.2) is 17.1 Å². The topological polar surface area (TPSA) is 88.5 Å². The van der Waals surface area contributed by atoms with Crippen molar-refractivity contribution in [3.8, 4) is 11.5 Å². The van der Waals surface area contributed by atoms with Crippen molar-refractivity contribution >= 4 is 5.97 Å². The molecule has 1 saturated heterocycles. The monoisotopic (exact) mass is 471 g/mol. The van der Waals surface area contributed by atoms with Gasteiger partial charge >= 0.3 is 5.97 Å². The van der Waals surface area contributed by atoms with E-state index < -0.39 is 23.3 Å². The van der Waals surface area contributed by atoms with Crippen LogP contribution in [-0.4, -0.2) is 63.8 Å². The molecule has 1 aromatic rings. The average Bonchev–Trinajstić information content (AvgIpc) is 3.41. The van der Waals surface area contributed by atoms with Crippen molar-refractivity contribution in [3.63, 3.8) is 0 Å². The van der Waals surface area contributed by atoms with Crippen LogP contribution < -0.4 is 9.47 Å². The lowest BCUT2D eigenvalue weighted by Crippen LogP contribution is -2.48. The second-order valence-corrected chi connectivity index (χ2v) is 11.4. The van der Waals surface area contributed by atoms with E-state index in [0.717, 1.165) is 55.0 Å². The normalized spacial score (nSPS) is 29.5. The number of hydrogen-bond acceptors (Lipinski definition) is 7. The molecule has 0 amide bonds. The highest BCUT2D eigenvalue weighted by molar-refractivity contribution is 5.79. The minimum absolute atomic E-state index is 0.0573. The Morgan fingerprint density at radius 3 is 2.65 bits per heavy atom. The van der Waals surface area contributed by atoms with Crippen LogP contribution in [0.5, 0.6) is 11.5 Å². The molecule has 2 N–H and O–H groups in total. The first kappa shape index (κ1) is 23.6. The first-order valence-corrected chi connectivity index (χ1v) is 12.5. The standard InChI is InChI=1S/C27H37NO6/c1-17-15-27-10-6-11-28(27)12-7-18-13-20-21(33-16-32-20)14-19(18)22(27)23(17)34-24(29)26(4,31)9-5-8-25(2,3)30/h13-15,22-23,30-31H,5-12,16H2,1-4H3/t22?,23-,26-,27?/m0/s1. The SMILES string of the molecule is CC1=CC23CCCN2CCc2cc4c(cc2C3[C@H]1OC(=O)[C@@](C)(O)CCCC(C)(C)O)OCO4. The largest absolute Gasteiger partial charge is 0.455 e. The lowest BCUT2D eigenvalue weighted by molar-refractivity contribution is -0.170. The zero-order valence-corrected chi connectivity index (χ0v) is 20.7. The minimum Gasteiger partial charge on any atom is -0.455 e. The van der Waals surface area contributed by atoms with Crippen molar-refractivity contribution in [2.75, 3.05) is 19.9 Å². The third kappa shape index (κ3) is 4.01. The summed E-state index contributed by atoms with van der Waals surface area (Å²) < 4.78 is 17.5. The third-order valence-corrected chi connectivity index (χ3v) is 8.11. The highest BCUT2D eigenvalue weighted by Gasteiger charge is 2.57. The predicted octanol–water partition coefficient (Wildman–Crippen LogP) is 3.45. The van der Waals surface area contributed by atoms with Crippen LogP contribution in [0, 0.1) is 0 Å². The Morgan fingerprint density at radius 1 is 1.18 bits per heavy atom.